The maximum absolute atomic E-state index is 5.87. The van der Waals surface area contributed by atoms with Gasteiger partial charge < -0.3 is 11.1 Å². The Bertz CT molecular complexity index is 338. The average molecular weight is 270 g/mol. The van der Waals surface area contributed by atoms with Gasteiger partial charge in [-0.25, -0.2) is 0 Å². The highest BCUT2D eigenvalue weighted by atomic mass is 35.5. The number of guanidine groups is 1. The van der Waals surface area contributed by atoms with Crippen molar-refractivity contribution in [2.45, 2.75) is 39.2 Å². The van der Waals surface area contributed by atoms with Gasteiger partial charge in [-0.05, 0) is 18.4 Å². The number of halogens is 1. The molecule has 1 unspecified atom stereocenters. The molecular weight excluding hydrogens is 246 g/mol. The first-order valence-corrected chi connectivity index (χ1v) is 6.39. The number of benzene rings is 1. The Kier molecular flexibility index (Phi) is 9.11. The molecule has 0 fully saturated rings. The van der Waals surface area contributed by atoms with Crippen LogP contribution in [-0.4, -0.2) is 12.5 Å². The smallest absolute Gasteiger partial charge is 0.189 e. The van der Waals surface area contributed by atoms with E-state index in [2.05, 4.69) is 48.4 Å². The van der Waals surface area contributed by atoms with Crippen LogP contribution in [-0.2, 0) is 0 Å². The van der Waals surface area contributed by atoms with Crippen LogP contribution in [0.4, 0.5) is 0 Å². The van der Waals surface area contributed by atoms with Crippen LogP contribution in [0.3, 0.4) is 0 Å². The van der Waals surface area contributed by atoms with Gasteiger partial charge in [-0.3, -0.25) is 4.99 Å². The molecule has 0 saturated heterocycles. The van der Waals surface area contributed by atoms with E-state index in [0.29, 0.717) is 5.96 Å². The summed E-state index contributed by atoms with van der Waals surface area (Å²) >= 11 is 0. The van der Waals surface area contributed by atoms with Crippen LogP contribution >= 0.6 is 12.4 Å². The minimum absolute atomic E-state index is 0. The van der Waals surface area contributed by atoms with Crippen molar-refractivity contribution in [3.05, 3.63) is 35.9 Å². The first-order chi connectivity index (χ1) is 8.27. The minimum atomic E-state index is 0. The molecule has 102 valence electrons. The second-order valence-electron chi connectivity index (χ2n) is 4.16. The van der Waals surface area contributed by atoms with Gasteiger partial charge in [0.25, 0.3) is 0 Å². The quantitative estimate of drug-likeness (QED) is 0.615. The third kappa shape index (κ3) is 5.92. The second-order valence-corrected chi connectivity index (χ2v) is 4.16. The molecule has 18 heavy (non-hydrogen) atoms. The number of nitrogens with one attached hydrogen (secondary N) is 1. The maximum Gasteiger partial charge on any atom is 0.189 e. The Morgan fingerprint density at radius 2 is 1.89 bits per heavy atom. The summed E-state index contributed by atoms with van der Waals surface area (Å²) in [5, 5.41) is 3.30. The highest BCUT2D eigenvalue weighted by molar-refractivity contribution is 5.85. The highest BCUT2D eigenvalue weighted by Gasteiger charge is 2.10. The zero-order valence-electron chi connectivity index (χ0n) is 11.2. The summed E-state index contributed by atoms with van der Waals surface area (Å²) in [4.78, 5) is 4.27. The molecule has 3 N–H and O–H groups in total. The fraction of sp³-hybridized carbons (Fsp3) is 0.500. The van der Waals surface area contributed by atoms with E-state index < -0.39 is 0 Å². The third-order valence-electron chi connectivity index (χ3n) is 2.61. The van der Waals surface area contributed by atoms with E-state index in [0.717, 1.165) is 25.8 Å². The SMILES string of the molecule is CCCN=C(N)NC(CCC)c1ccccc1.Cl. The van der Waals surface area contributed by atoms with Crippen LogP contribution in [0.5, 0.6) is 0 Å². The number of rotatable bonds is 6. The molecule has 0 aliphatic heterocycles. The topological polar surface area (TPSA) is 50.4 Å². The normalized spacial score (nSPS) is 12.7. The van der Waals surface area contributed by atoms with Gasteiger partial charge in [0.1, 0.15) is 0 Å². The summed E-state index contributed by atoms with van der Waals surface area (Å²) in [5.74, 6) is 0.550. The molecule has 1 rings (SSSR count). The predicted octanol–water partition coefficient (Wildman–Crippen LogP) is 3.26. The lowest BCUT2D eigenvalue weighted by Gasteiger charge is -2.19. The molecule has 1 aromatic carbocycles. The van der Waals surface area contributed by atoms with E-state index in [-0.39, 0.29) is 18.4 Å². The van der Waals surface area contributed by atoms with Gasteiger partial charge in [0.05, 0.1) is 6.04 Å². The summed E-state index contributed by atoms with van der Waals surface area (Å²) in [6.07, 6.45) is 3.20. The fourth-order valence-electron chi connectivity index (χ4n) is 1.75. The minimum Gasteiger partial charge on any atom is -0.370 e. The number of nitrogens with two attached hydrogens (primary N) is 1. The number of hydrogen-bond donors (Lipinski definition) is 2. The Labute approximate surface area is 116 Å². The predicted molar refractivity (Wildman–Crippen MR) is 81.3 cm³/mol. The van der Waals surface area contributed by atoms with Gasteiger partial charge >= 0.3 is 0 Å². The largest absolute Gasteiger partial charge is 0.370 e. The lowest BCUT2D eigenvalue weighted by Crippen LogP contribution is -2.35. The average Bonchev–Trinajstić information content (AvgIpc) is 2.37. The molecule has 0 spiro atoms. The summed E-state index contributed by atoms with van der Waals surface area (Å²) in [7, 11) is 0. The molecule has 0 saturated carbocycles. The van der Waals surface area contributed by atoms with Gasteiger partial charge in [-0.1, -0.05) is 50.6 Å². The van der Waals surface area contributed by atoms with Crippen molar-refractivity contribution < 1.29 is 0 Å². The molecule has 1 atom stereocenters. The molecule has 0 heterocycles. The van der Waals surface area contributed by atoms with Gasteiger partial charge in [0.2, 0.25) is 0 Å². The molecule has 0 aliphatic carbocycles. The molecule has 0 bridgehead atoms. The molecule has 1 aromatic rings. The lowest BCUT2D eigenvalue weighted by atomic mass is 10.0. The highest BCUT2D eigenvalue weighted by Crippen LogP contribution is 2.17. The van der Waals surface area contributed by atoms with E-state index in [9.17, 15) is 0 Å². The van der Waals surface area contributed by atoms with Gasteiger partial charge in [-0.15, -0.1) is 12.4 Å². The van der Waals surface area contributed by atoms with Crippen molar-refractivity contribution in [3.63, 3.8) is 0 Å². The van der Waals surface area contributed by atoms with Crippen molar-refractivity contribution in [3.8, 4) is 0 Å². The second kappa shape index (κ2) is 9.77. The monoisotopic (exact) mass is 269 g/mol. The third-order valence-corrected chi connectivity index (χ3v) is 2.61. The Morgan fingerprint density at radius 1 is 1.22 bits per heavy atom. The first kappa shape index (κ1) is 16.8. The zero-order valence-corrected chi connectivity index (χ0v) is 12.0. The van der Waals surface area contributed by atoms with Gasteiger partial charge in [0, 0.05) is 6.54 Å². The fourth-order valence-corrected chi connectivity index (χ4v) is 1.75. The van der Waals surface area contributed by atoms with Crippen molar-refractivity contribution in [2.75, 3.05) is 6.54 Å². The van der Waals surface area contributed by atoms with Crippen molar-refractivity contribution in [1.29, 1.82) is 0 Å². The van der Waals surface area contributed by atoms with Crippen LogP contribution in [0.1, 0.15) is 44.7 Å². The van der Waals surface area contributed by atoms with Crippen LogP contribution < -0.4 is 11.1 Å². The number of hydrogen-bond acceptors (Lipinski definition) is 1. The van der Waals surface area contributed by atoms with E-state index in [1.807, 2.05) is 6.07 Å². The number of aliphatic imine (C=N–C) groups is 1. The van der Waals surface area contributed by atoms with E-state index in [1.54, 1.807) is 0 Å². The Balaban J connectivity index is 0.00000289. The van der Waals surface area contributed by atoms with Crippen LogP contribution in [0.2, 0.25) is 0 Å². The molecule has 4 heteroatoms. The summed E-state index contributed by atoms with van der Waals surface area (Å²) in [6.45, 7) is 5.06. The van der Waals surface area contributed by atoms with Crippen molar-refractivity contribution in [1.82, 2.24) is 5.32 Å². The van der Waals surface area contributed by atoms with Crippen LogP contribution in [0, 0.1) is 0 Å². The lowest BCUT2D eigenvalue weighted by molar-refractivity contribution is 0.577. The molecule has 0 radical (unpaired) electrons. The van der Waals surface area contributed by atoms with Crippen molar-refractivity contribution in [2.24, 2.45) is 10.7 Å². The van der Waals surface area contributed by atoms with E-state index in [1.165, 1.54) is 5.56 Å². The molecule has 0 amide bonds. The van der Waals surface area contributed by atoms with Gasteiger partial charge in [-0.2, -0.15) is 0 Å². The van der Waals surface area contributed by atoms with E-state index >= 15 is 0 Å². The first-order valence-electron chi connectivity index (χ1n) is 6.39. The Morgan fingerprint density at radius 3 is 2.44 bits per heavy atom. The number of nitrogens with zero attached hydrogens (tertiary/aromatic N) is 1. The van der Waals surface area contributed by atoms with Crippen LogP contribution in [0.25, 0.3) is 0 Å². The van der Waals surface area contributed by atoms with Crippen molar-refractivity contribution >= 4 is 18.4 Å². The molecule has 0 aromatic heterocycles. The summed E-state index contributed by atoms with van der Waals surface area (Å²) in [6, 6.07) is 10.7. The molecule has 3 nitrogen and oxygen atoms in total. The van der Waals surface area contributed by atoms with Crippen LogP contribution in [0.15, 0.2) is 35.3 Å². The Hall–Kier alpha value is -1.22. The zero-order chi connectivity index (χ0) is 12.5. The molecular formula is C14H24ClN3. The molecule has 0 aliphatic rings. The summed E-state index contributed by atoms with van der Waals surface area (Å²) in [5.41, 5.74) is 7.13. The van der Waals surface area contributed by atoms with E-state index in [4.69, 9.17) is 5.73 Å². The summed E-state index contributed by atoms with van der Waals surface area (Å²) < 4.78 is 0. The standard InChI is InChI=1S/C14H23N3.ClH/c1-3-8-13(12-9-6-5-7-10-12)17-14(15)16-11-4-2;/h5-7,9-10,13H,3-4,8,11H2,1-2H3,(H3,15,16,17);1H. The maximum atomic E-state index is 5.87. The van der Waals surface area contributed by atoms with Gasteiger partial charge in [0.15, 0.2) is 5.96 Å².